The lowest BCUT2D eigenvalue weighted by atomic mass is 10.2. The van der Waals surface area contributed by atoms with Crippen molar-refractivity contribution in [2.45, 2.75) is 18.7 Å². The third-order valence-electron chi connectivity index (χ3n) is 2.82. The molecule has 0 unspecified atom stereocenters. The highest BCUT2D eigenvalue weighted by atomic mass is 32.2. The summed E-state index contributed by atoms with van der Waals surface area (Å²) in [6.07, 6.45) is 0. The van der Waals surface area contributed by atoms with E-state index in [4.69, 9.17) is 5.73 Å². The largest absolute Gasteiger partial charge is 0.398 e. The quantitative estimate of drug-likeness (QED) is 0.763. The van der Waals surface area contributed by atoms with E-state index < -0.39 is 10.0 Å². The number of nitrogens with two attached hydrogens (primary N) is 1. The maximum Gasteiger partial charge on any atom is 0.243 e. The van der Waals surface area contributed by atoms with Gasteiger partial charge in [0, 0.05) is 13.6 Å². The van der Waals surface area contributed by atoms with E-state index in [9.17, 15) is 13.2 Å². The predicted molar refractivity (Wildman–Crippen MR) is 74.1 cm³/mol. The van der Waals surface area contributed by atoms with Crippen LogP contribution < -0.4 is 10.5 Å². The number of aryl methyl sites for hydroxylation is 1. The van der Waals surface area contributed by atoms with Gasteiger partial charge < -0.3 is 10.6 Å². The van der Waals surface area contributed by atoms with Crippen molar-refractivity contribution < 1.29 is 13.2 Å². The second-order valence-corrected chi connectivity index (χ2v) is 5.93. The van der Waals surface area contributed by atoms with Gasteiger partial charge >= 0.3 is 0 Å². The third kappa shape index (κ3) is 3.68. The third-order valence-corrected chi connectivity index (χ3v) is 4.44. The molecule has 0 saturated heterocycles. The van der Waals surface area contributed by atoms with Crippen LogP contribution in [-0.2, 0) is 14.8 Å². The second-order valence-electron chi connectivity index (χ2n) is 4.23. The Morgan fingerprint density at radius 1 is 1.42 bits per heavy atom. The summed E-state index contributed by atoms with van der Waals surface area (Å²) in [5.41, 5.74) is 6.40. The minimum atomic E-state index is -3.78. The normalized spacial score (nSPS) is 11.3. The number of amides is 1. The molecule has 0 atom stereocenters. The fourth-order valence-corrected chi connectivity index (χ4v) is 2.91. The average Bonchev–Trinajstić information content (AvgIpc) is 2.34. The van der Waals surface area contributed by atoms with Crippen molar-refractivity contribution in [3.05, 3.63) is 23.8 Å². The predicted octanol–water partition coefficient (Wildman–Crippen LogP) is 0.334. The van der Waals surface area contributed by atoms with Crippen molar-refractivity contribution in [2.24, 2.45) is 0 Å². The first-order valence-corrected chi connectivity index (χ1v) is 7.36. The number of carbonyl (C=O) groups is 1. The second kappa shape index (κ2) is 6.03. The minimum Gasteiger partial charge on any atom is -0.398 e. The van der Waals surface area contributed by atoms with Crippen LogP contribution in [0.2, 0.25) is 0 Å². The molecular formula is C12H19N3O3S. The smallest absolute Gasteiger partial charge is 0.243 e. The van der Waals surface area contributed by atoms with Crippen molar-refractivity contribution in [1.29, 1.82) is 0 Å². The highest BCUT2D eigenvalue weighted by Crippen LogP contribution is 2.21. The maximum atomic E-state index is 12.1. The number of likely N-dealkylation sites (N-methyl/N-ethyl adjacent to an activating group) is 1. The Morgan fingerprint density at radius 3 is 2.58 bits per heavy atom. The topological polar surface area (TPSA) is 92.5 Å². The van der Waals surface area contributed by atoms with Gasteiger partial charge in [-0.1, -0.05) is 12.1 Å². The number of carbonyl (C=O) groups excluding carboxylic acids is 1. The zero-order chi connectivity index (χ0) is 14.6. The van der Waals surface area contributed by atoms with Crippen LogP contribution in [0, 0.1) is 6.92 Å². The first kappa shape index (κ1) is 15.5. The Labute approximate surface area is 113 Å². The van der Waals surface area contributed by atoms with Gasteiger partial charge in [0.1, 0.15) is 4.90 Å². The lowest BCUT2D eigenvalue weighted by Crippen LogP contribution is -2.38. The molecule has 6 nitrogen and oxygen atoms in total. The van der Waals surface area contributed by atoms with Gasteiger partial charge in [-0.3, -0.25) is 4.79 Å². The number of anilines is 1. The van der Waals surface area contributed by atoms with E-state index in [1.807, 2.05) is 6.92 Å². The van der Waals surface area contributed by atoms with E-state index >= 15 is 0 Å². The number of nitrogen functional groups attached to an aromatic ring is 1. The molecule has 0 aliphatic rings. The highest BCUT2D eigenvalue weighted by Gasteiger charge is 2.21. The van der Waals surface area contributed by atoms with Crippen LogP contribution in [0.25, 0.3) is 0 Å². The molecule has 7 heteroatoms. The SMILES string of the molecule is CCN(C)C(=O)CNS(=O)(=O)c1c(C)cccc1N. The number of nitrogens with one attached hydrogen (secondary N) is 1. The van der Waals surface area contributed by atoms with E-state index in [2.05, 4.69) is 4.72 Å². The maximum absolute atomic E-state index is 12.1. The minimum absolute atomic E-state index is 0.0296. The molecule has 1 aromatic carbocycles. The summed E-state index contributed by atoms with van der Waals surface area (Å²) in [4.78, 5) is 13.1. The molecule has 0 heterocycles. The van der Waals surface area contributed by atoms with Crippen molar-refractivity contribution in [3.8, 4) is 0 Å². The number of benzene rings is 1. The Bertz CT molecular complexity index is 549. The molecule has 0 aliphatic carbocycles. The van der Waals surface area contributed by atoms with Gasteiger partial charge in [0.05, 0.1) is 12.2 Å². The van der Waals surface area contributed by atoms with Gasteiger partial charge in [-0.25, -0.2) is 13.1 Å². The molecule has 106 valence electrons. The van der Waals surface area contributed by atoms with Crippen LogP contribution >= 0.6 is 0 Å². The molecule has 19 heavy (non-hydrogen) atoms. The Balaban J connectivity index is 2.91. The van der Waals surface area contributed by atoms with Crippen LogP contribution in [0.1, 0.15) is 12.5 Å². The van der Waals surface area contributed by atoms with E-state index in [-0.39, 0.29) is 23.0 Å². The van der Waals surface area contributed by atoms with Gasteiger partial charge in [0.2, 0.25) is 15.9 Å². The summed E-state index contributed by atoms with van der Waals surface area (Å²) in [5.74, 6) is -0.293. The van der Waals surface area contributed by atoms with Crippen molar-refractivity contribution in [1.82, 2.24) is 9.62 Å². The molecular weight excluding hydrogens is 266 g/mol. The molecule has 3 N–H and O–H groups in total. The number of hydrogen-bond donors (Lipinski definition) is 2. The van der Waals surface area contributed by atoms with Crippen LogP contribution in [-0.4, -0.2) is 39.4 Å². The number of hydrogen-bond acceptors (Lipinski definition) is 4. The van der Waals surface area contributed by atoms with Crippen LogP contribution in [0.4, 0.5) is 5.69 Å². The van der Waals surface area contributed by atoms with E-state index in [0.29, 0.717) is 12.1 Å². The van der Waals surface area contributed by atoms with Gasteiger partial charge in [-0.15, -0.1) is 0 Å². The number of sulfonamides is 1. The molecule has 1 aromatic rings. The fourth-order valence-electron chi connectivity index (χ4n) is 1.58. The zero-order valence-electron chi connectivity index (χ0n) is 11.3. The van der Waals surface area contributed by atoms with Gasteiger partial charge in [0.15, 0.2) is 0 Å². The molecule has 0 saturated carbocycles. The lowest BCUT2D eigenvalue weighted by Gasteiger charge is -2.16. The molecule has 0 bridgehead atoms. The van der Waals surface area contributed by atoms with Gasteiger partial charge in [-0.2, -0.15) is 0 Å². The molecule has 0 aromatic heterocycles. The van der Waals surface area contributed by atoms with Crippen molar-refractivity contribution in [2.75, 3.05) is 25.9 Å². The average molecular weight is 285 g/mol. The first-order chi connectivity index (χ1) is 8.79. The summed E-state index contributed by atoms with van der Waals surface area (Å²) in [6, 6.07) is 4.85. The van der Waals surface area contributed by atoms with Gasteiger partial charge in [-0.05, 0) is 25.5 Å². The van der Waals surface area contributed by atoms with E-state index in [1.54, 1.807) is 26.1 Å². The van der Waals surface area contributed by atoms with E-state index in [1.165, 1.54) is 11.0 Å². The summed E-state index contributed by atoms with van der Waals surface area (Å²) >= 11 is 0. The van der Waals surface area contributed by atoms with Crippen molar-refractivity contribution in [3.63, 3.8) is 0 Å². The summed E-state index contributed by atoms with van der Waals surface area (Å²) in [7, 11) is -2.17. The standard InChI is InChI=1S/C12H19N3O3S/c1-4-15(3)11(16)8-14-19(17,18)12-9(2)6-5-7-10(12)13/h5-7,14H,4,8,13H2,1-3H3. The highest BCUT2D eigenvalue weighted by molar-refractivity contribution is 7.89. The summed E-state index contributed by atoms with van der Waals surface area (Å²) in [5, 5.41) is 0. The Hall–Kier alpha value is -1.60. The molecule has 1 amide bonds. The zero-order valence-corrected chi connectivity index (χ0v) is 12.1. The fraction of sp³-hybridized carbons (Fsp3) is 0.417. The number of nitrogens with zero attached hydrogens (tertiary/aromatic N) is 1. The Morgan fingerprint density at radius 2 is 2.05 bits per heavy atom. The monoisotopic (exact) mass is 285 g/mol. The van der Waals surface area contributed by atoms with Crippen LogP contribution in [0.5, 0.6) is 0 Å². The first-order valence-electron chi connectivity index (χ1n) is 5.88. The molecule has 0 aliphatic heterocycles. The van der Waals surface area contributed by atoms with Crippen LogP contribution in [0.3, 0.4) is 0 Å². The van der Waals surface area contributed by atoms with Crippen LogP contribution in [0.15, 0.2) is 23.1 Å². The Kier molecular flexibility index (Phi) is 4.90. The number of rotatable bonds is 5. The van der Waals surface area contributed by atoms with Gasteiger partial charge in [0.25, 0.3) is 0 Å². The molecule has 0 spiro atoms. The molecule has 1 rings (SSSR count). The van der Waals surface area contributed by atoms with Crippen molar-refractivity contribution >= 4 is 21.6 Å². The molecule has 0 fully saturated rings. The lowest BCUT2D eigenvalue weighted by molar-refractivity contribution is -0.128. The molecule has 0 radical (unpaired) electrons. The van der Waals surface area contributed by atoms with E-state index in [0.717, 1.165) is 0 Å². The summed E-state index contributed by atoms with van der Waals surface area (Å²) in [6.45, 7) is 3.71. The summed E-state index contributed by atoms with van der Waals surface area (Å²) < 4.78 is 26.5.